The molecular weight excluding hydrogens is 339 g/mol. The Bertz CT molecular complexity index is 679. The number of benzene rings is 1. The molecule has 0 saturated carbocycles. The van der Waals surface area contributed by atoms with E-state index in [2.05, 4.69) is 5.32 Å². The summed E-state index contributed by atoms with van der Waals surface area (Å²) in [7, 11) is 0. The van der Waals surface area contributed by atoms with Crippen molar-refractivity contribution in [2.45, 2.75) is 24.6 Å². The highest BCUT2D eigenvalue weighted by Gasteiger charge is 2.40. The van der Waals surface area contributed by atoms with Crippen LogP contribution in [-0.2, 0) is 19.2 Å². The lowest BCUT2D eigenvalue weighted by Crippen LogP contribution is -2.42. The van der Waals surface area contributed by atoms with Crippen LogP contribution in [0.15, 0.2) is 24.3 Å². The average Bonchev–Trinajstić information content (AvgIpc) is 2.78. The van der Waals surface area contributed by atoms with Crippen LogP contribution in [0.2, 0.25) is 0 Å². The van der Waals surface area contributed by atoms with Crippen molar-refractivity contribution in [1.82, 2.24) is 5.32 Å². The minimum absolute atomic E-state index is 0.0458. The van der Waals surface area contributed by atoms with E-state index in [4.69, 9.17) is 5.11 Å². The smallest absolute Gasteiger partial charge is 0.327 e. The summed E-state index contributed by atoms with van der Waals surface area (Å²) in [4.78, 5) is 47.4. The molecule has 1 aromatic rings. The lowest BCUT2D eigenvalue weighted by molar-refractivity contribution is -0.140. The molecule has 1 fully saturated rings. The third kappa shape index (κ3) is 4.10. The van der Waals surface area contributed by atoms with Crippen molar-refractivity contribution in [3.05, 3.63) is 30.1 Å². The van der Waals surface area contributed by atoms with Gasteiger partial charge < -0.3 is 10.4 Å². The molecule has 1 aromatic carbocycles. The summed E-state index contributed by atoms with van der Waals surface area (Å²) in [6, 6.07) is 3.81. The maximum absolute atomic E-state index is 13.0. The quantitative estimate of drug-likeness (QED) is 0.732. The van der Waals surface area contributed by atoms with Crippen molar-refractivity contribution in [1.29, 1.82) is 0 Å². The van der Waals surface area contributed by atoms with Crippen LogP contribution in [0.5, 0.6) is 0 Å². The number of carboxylic acids is 1. The Labute approximate surface area is 141 Å². The van der Waals surface area contributed by atoms with Gasteiger partial charge in [-0.25, -0.2) is 14.1 Å². The van der Waals surface area contributed by atoms with Gasteiger partial charge in [0.1, 0.15) is 11.9 Å². The largest absolute Gasteiger partial charge is 0.480 e. The highest BCUT2D eigenvalue weighted by molar-refractivity contribution is 8.00. The van der Waals surface area contributed by atoms with Gasteiger partial charge in [-0.05, 0) is 24.3 Å². The van der Waals surface area contributed by atoms with Crippen LogP contribution < -0.4 is 10.2 Å². The van der Waals surface area contributed by atoms with Crippen LogP contribution in [0.25, 0.3) is 0 Å². The Morgan fingerprint density at radius 1 is 1.38 bits per heavy atom. The molecule has 128 valence electrons. The zero-order valence-electron chi connectivity index (χ0n) is 12.7. The molecule has 0 spiro atoms. The van der Waals surface area contributed by atoms with Gasteiger partial charge in [0.15, 0.2) is 0 Å². The fourth-order valence-electron chi connectivity index (χ4n) is 2.23. The minimum Gasteiger partial charge on any atom is -0.480 e. The fourth-order valence-corrected chi connectivity index (χ4v) is 3.39. The predicted molar refractivity (Wildman–Crippen MR) is 85.0 cm³/mol. The van der Waals surface area contributed by atoms with E-state index in [1.807, 2.05) is 0 Å². The number of rotatable bonds is 6. The fraction of sp³-hybridized carbons (Fsp3) is 0.333. The summed E-state index contributed by atoms with van der Waals surface area (Å²) in [5, 5.41) is 10.6. The molecule has 9 heteroatoms. The zero-order valence-corrected chi connectivity index (χ0v) is 13.5. The Kier molecular flexibility index (Phi) is 5.55. The normalized spacial score (nSPS) is 18.6. The number of carbonyl (C=O) groups excluding carboxylic acids is 3. The van der Waals surface area contributed by atoms with E-state index in [1.54, 1.807) is 0 Å². The number of thioether (sulfide) groups is 1. The lowest BCUT2D eigenvalue weighted by Gasteiger charge is -2.16. The number of carboxylic acid groups (broad SMARTS) is 1. The molecule has 1 aliphatic heterocycles. The Morgan fingerprint density at radius 2 is 2.00 bits per heavy atom. The molecule has 2 N–H and O–H groups in total. The van der Waals surface area contributed by atoms with E-state index in [-0.39, 0.29) is 17.9 Å². The number of nitrogens with zero attached hydrogens (tertiary/aromatic N) is 1. The first kappa shape index (κ1) is 17.9. The summed E-state index contributed by atoms with van der Waals surface area (Å²) >= 11 is 0.994. The predicted octanol–water partition coefficient (Wildman–Crippen LogP) is 0.780. The van der Waals surface area contributed by atoms with E-state index < -0.39 is 40.8 Å². The maximum Gasteiger partial charge on any atom is 0.327 e. The van der Waals surface area contributed by atoms with Gasteiger partial charge in [0.05, 0.1) is 10.9 Å². The molecule has 2 rings (SSSR count). The summed E-state index contributed by atoms with van der Waals surface area (Å²) < 4.78 is 13.0. The van der Waals surface area contributed by atoms with Gasteiger partial charge in [-0.15, -0.1) is 11.8 Å². The van der Waals surface area contributed by atoms with Crippen molar-refractivity contribution in [3.63, 3.8) is 0 Å². The van der Waals surface area contributed by atoms with Gasteiger partial charge in [0.25, 0.3) is 0 Å². The monoisotopic (exact) mass is 354 g/mol. The van der Waals surface area contributed by atoms with Crippen molar-refractivity contribution in [2.24, 2.45) is 0 Å². The molecule has 1 aliphatic rings. The summed E-state index contributed by atoms with van der Waals surface area (Å²) in [5.74, 6) is -3.16. The molecule has 1 heterocycles. The number of hydrogen-bond acceptors (Lipinski definition) is 5. The molecule has 0 bridgehead atoms. The van der Waals surface area contributed by atoms with Crippen molar-refractivity contribution in [3.8, 4) is 0 Å². The number of aliphatic carboxylic acids is 1. The Hall–Kier alpha value is -2.42. The maximum atomic E-state index is 13.0. The summed E-state index contributed by atoms with van der Waals surface area (Å²) in [6.45, 7) is 1.20. The second-order valence-electron chi connectivity index (χ2n) is 5.16. The molecule has 24 heavy (non-hydrogen) atoms. The third-order valence-corrected chi connectivity index (χ3v) is 4.63. The van der Waals surface area contributed by atoms with Gasteiger partial charge >= 0.3 is 5.97 Å². The van der Waals surface area contributed by atoms with E-state index in [1.165, 1.54) is 19.1 Å². The Morgan fingerprint density at radius 3 is 2.54 bits per heavy atom. The summed E-state index contributed by atoms with van der Waals surface area (Å²) in [5.41, 5.74) is 0.270. The molecular formula is C15H15FN2O5S. The molecule has 0 aromatic heterocycles. The number of halogens is 1. The van der Waals surface area contributed by atoms with Crippen LogP contribution in [-0.4, -0.2) is 45.8 Å². The first-order valence-corrected chi connectivity index (χ1v) is 8.08. The van der Waals surface area contributed by atoms with E-state index in [0.29, 0.717) is 0 Å². The highest BCUT2D eigenvalue weighted by Crippen LogP contribution is 2.30. The molecule has 0 unspecified atom stereocenters. The highest BCUT2D eigenvalue weighted by atomic mass is 32.2. The average molecular weight is 354 g/mol. The molecule has 3 amide bonds. The topological polar surface area (TPSA) is 104 Å². The molecule has 0 radical (unpaired) electrons. The third-order valence-electron chi connectivity index (χ3n) is 3.33. The molecule has 2 atom stereocenters. The van der Waals surface area contributed by atoms with Gasteiger partial charge in [0.2, 0.25) is 17.7 Å². The number of amides is 3. The second kappa shape index (κ2) is 7.43. The molecule has 0 aliphatic carbocycles. The van der Waals surface area contributed by atoms with Crippen molar-refractivity contribution in [2.75, 3.05) is 10.7 Å². The Balaban J connectivity index is 2.04. The second-order valence-corrected chi connectivity index (χ2v) is 6.40. The van der Waals surface area contributed by atoms with Crippen LogP contribution >= 0.6 is 11.8 Å². The summed E-state index contributed by atoms with van der Waals surface area (Å²) in [6.07, 6.45) is -0.0761. The van der Waals surface area contributed by atoms with Gasteiger partial charge in [-0.3, -0.25) is 14.4 Å². The number of nitrogens with one attached hydrogen (secondary N) is 1. The zero-order chi connectivity index (χ0) is 17.9. The number of carbonyl (C=O) groups is 4. The van der Waals surface area contributed by atoms with E-state index in [9.17, 15) is 23.6 Å². The first-order chi connectivity index (χ1) is 11.3. The standard InChI is InChI=1S/C15H15FN2O5S/c1-8(19)17-11(15(22)23)7-24-12-6-13(20)18(14(12)21)10-4-2-9(16)3-5-10/h2-5,11-12H,6-7H2,1H3,(H,17,19)(H,22,23)/t11-,12-/m1/s1. The van der Waals surface area contributed by atoms with Gasteiger partial charge in [0, 0.05) is 19.1 Å². The SMILES string of the molecule is CC(=O)N[C@H](CS[C@@H]1CC(=O)N(c2ccc(F)cc2)C1=O)C(=O)O. The van der Waals surface area contributed by atoms with Crippen LogP contribution in [0, 0.1) is 5.82 Å². The lowest BCUT2D eigenvalue weighted by atomic mass is 10.3. The van der Waals surface area contributed by atoms with E-state index >= 15 is 0 Å². The minimum atomic E-state index is -1.22. The number of hydrogen-bond donors (Lipinski definition) is 2. The van der Waals surface area contributed by atoms with Crippen molar-refractivity contribution < 1.29 is 28.7 Å². The van der Waals surface area contributed by atoms with Crippen LogP contribution in [0.4, 0.5) is 10.1 Å². The number of imide groups is 1. The van der Waals surface area contributed by atoms with Crippen molar-refractivity contribution >= 4 is 41.1 Å². The van der Waals surface area contributed by atoms with Gasteiger partial charge in [-0.2, -0.15) is 0 Å². The first-order valence-electron chi connectivity index (χ1n) is 7.03. The van der Waals surface area contributed by atoms with Gasteiger partial charge in [-0.1, -0.05) is 0 Å². The van der Waals surface area contributed by atoms with Crippen LogP contribution in [0.3, 0.4) is 0 Å². The number of anilines is 1. The molecule has 1 saturated heterocycles. The van der Waals surface area contributed by atoms with Crippen LogP contribution in [0.1, 0.15) is 13.3 Å². The molecule has 7 nitrogen and oxygen atoms in total. The van der Waals surface area contributed by atoms with E-state index in [0.717, 1.165) is 28.8 Å².